The highest BCUT2D eigenvalue weighted by molar-refractivity contribution is 5.79. The van der Waals surface area contributed by atoms with E-state index in [1.165, 1.54) is 18.6 Å². The second-order valence-corrected chi connectivity index (χ2v) is 3.44. The maximum Gasteiger partial charge on any atom is 0.329 e. The molecular weight excluding hydrogens is 210 g/mol. The van der Waals surface area contributed by atoms with Crippen LogP contribution in [-0.4, -0.2) is 41.3 Å². The second kappa shape index (κ2) is 5.53. The Morgan fingerprint density at radius 3 is 2.88 bits per heavy atom. The van der Waals surface area contributed by atoms with E-state index in [2.05, 4.69) is 15.3 Å². The molecule has 2 N–H and O–H groups in total. The largest absolute Gasteiger partial charge is 0.480 e. The normalized spacial score (nSPS) is 14.4. The standard InChI is InChI=1S/C10H15N3O3/c1-10(9(14)15,13-5-6-16-2)8-7-11-3-4-12-8/h3-4,7,13H,5-6H2,1-2H3,(H,14,15). The van der Waals surface area contributed by atoms with Gasteiger partial charge in [-0.2, -0.15) is 0 Å². The molecule has 0 aromatic carbocycles. The van der Waals surface area contributed by atoms with Gasteiger partial charge in [-0.3, -0.25) is 15.3 Å². The van der Waals surface area contributed by atoms with Gasteiger partial charge in [0.2, 0.25) is 0 Å². The zero-order valence-corrected chi connectivity index (χ0v) is 9.30. The molecule has 0 amide bonds. The molecule has 0 aliphatic rings. The van der Waals surface area contributed by atoms with Crippen molar-refractivity contribution in [3.8, 4) is 0 Å². The summed E-state index contributed by atoms with van der Waals surface area (Å²) in [5.41, 5.74) is -0.870. The molecule has 0 bridgehead atoms. The number of carboxylic acid groups (broad SMARTS) is 1. The van der Waals surface area contributed by atoms with Crippen molar-refractivity contribution in [3.63, 3.8) is 0 Å². The van der Waals surface area contributed by atoms with Gasteiger partial charge in [-0.1, -0.05) is 0 Å². The third kappa shape index (κ3) is 2.74. The van der Waals surface area contributed by atoms with E-state index in [4.69, 9.17) is 4.74 Å². The third-order valence-corrected chi connectivity index (χ3v) is 2.29. The molecule has 0 aliphatic carbocycles. The van der Waals surface area contributed by atoms with Gasteiger partial charge in [-0.15, -0.1) is 0 Å². The number of hydrogen-bond acceptors (Lipinski definition) is 5. The molecule has 1 aromatic heterocycles. The minimum absolute atomic E-state index is 0.374. The summed E-state index contributed by atoms with van der Waals surface area (Å²) < 4.78 is 4.86. The summed E-state index contributed by atoms with van der Waals surface area (Å²) in [6.45, 7) is 2.41. The van der Waals surface area contributed by atoms with Crippen molar-refractivity contribution in [2.24, 2.45) is 0 Å². The minimum atomic E-state index is -1.24. The Morgan fingerprint density at radius 1 is 1.62 bits per heavy atom. The summed E-state index contributed by atoms with van der Waals surface area (Å²) in [4.78, 5) is 19.1. The molecule has 6 nitrogen and oxygen atoms in total. The van der Waals surface area contributed by atoms with Gasteiger partial charge in [0.05, 0.1) is 18.5 Å². The number of rotatable bonds is 6. The van der Waals surface area contributed by atoms with Crippen LogP contribution in [0.4, 0.5) is 0 Å². The van der Waals surface area contributed by atoms with Crippen LogP contribution in [0.3, 0.4) is 0 Å². The van der Waals surface area contributed by atoms with Crippen molar-refractivity contribution in [3.05, 3.63) is 24.3 Å². The number of nitrogens with one attached hydrogen (secondary N) is 1. The number of hydrogen-bond donors (Lipinski definition) is 2. The summed E-state index contributed by atoms with van der Waals surface area (Å²) in [6, 6.07) is 0. The highest BCUT2D eigenvalue weighted by atomic mass is 16.5. The Labute approximate surface area is 93.7 Å². The molecule has 1 unspecified atom stereocenters. The number of carboxylic acids is 1. The zero-order valence-electron chi connectivity index (χ0n) is 9.30. The number of carbonyl (C=O) groups is 1. The van der Waals surface area contributed by atoms with Crippen LogP contribution in [0.1, 0.15) is 12.6 Å². The Hall–Kier alpha value is -1.53. The van der Waals surface area contributed by atoms with E-state index in [0.29, 0.717) is 18.8 Å². The highest BCUT2D eigenvalue weighted by Gasteiger charge is 2.36. The molecular formula is C10H15N3O3. The Bertz CT molecular complexity index is 344. The van der Waals surface area contributed by atoms with Crippen molar-refractivity contribution in [1.29, 1.82) is 0 Å². The van der Waals surface area contributed by atoms with E-state index in [1.54, 1.807) is 14.0 Å². The van der Waals surface area contributed by atoms with Crippen molar-refractivity contribution in [1.82, 2.24) is 15.3 Å². The lowest BCUT2D eigenvalue weighted by atomic mass is 9.98. The van der Waals surface area contributed by atoms with Crippen molar-refractivity contribution in [2.45, 2.75) is 12.5 Å². The van der Waals surface area contributed by atoms with Gasteiger partial charge >= 0.3 is 5.97 Å². The van der Waals surface area contributed by atoms with Crippen molar-refractivity contribution in [2.75, 3.05) is 20.3 Å². The quantitative estimate of drug-likeness (QED) is 0.663. The predicted molar refractivity (Wildman–Crippen MR) is 56.9 cm³/mol. The van der Waals surface area contributed by atoms with Gasteiger partial charge in [-0.25, -0.2) is 4.79 Å². The Kier molecular flexibility index (Phi) is 4.33. The molecule has 0 spiro atoms. The monoisotopic (exact) mass is 225 g/mol. The predicted octanol–water partition coefficient (Wildman–Crippen LogP) is 0.0124. The smallest absolute Gasteiger partial charge is 0.329 e. The molecule has 6 heteroatoms. The lowest BCUT2D eigenvalue weighted by Gasteiger charge is -2.25. The average molecular weight is 225 g/mol. The van der Waals surface area contributed by atoms with Crippen LogP contribution in [0.2, 0.25) is 0 Å². The fourth-order valence-electron chi connectivity index (χ4n) is 1.24. The van der Waals surface area contributed by atoms with E-state index in [0.717, 1.165) is 0 Å². The second-order valence-electron chi connectivity index (χ2n) is 3.44. The number of aliphatic carboxylic acids is 1. The van der Waals surface area contributed by atoms with Crippen molar-refractivity contribution < 1.29 is 14.6 Å². The first-order chi connectivity index (χ1) is 7.61. The molecule has 0 radical (unpaired) electrons. The van der Waals surface area contributed by atoms with Crippen LogP contribution >= 0.6 is 0 Å². The average Bonchev–Trinajstić information content (AvgIpc) is 2.30. The molecule has 16 heavy (non-hydrogen) atoms. The maximum atomic E-state index is 11.2. The summed E-state index contributed by atoms with van der Waals surface area (Å²) in [5, 5.41) is 12.1. The fourth-order valence-corrected chi connectivity index (χ4v) is 1.24. The summed E-state index contributed by atoms with van der Waals surface area (Å²) in [5.74, 6) is -0.996. The van der Waals surface area contributed by atoms with E-state index in [9.17, 15) is 9.90 Å². The summed E-state index contributed by atoms with van der Waals surface area (Å²) in [6.07, 6.45) is 4.41. The van der Waals surface area contributed by atoms with Crippen LogP contribution < -0.4 is 5.32 Å². The van der Waals surface area contributed by atoms with Gasteiger partial charge < -0.3 is 9.84 Å². The lowest BCUT2D eigenvalue weighted by Crippen LogP contribution is -2.48. The molecule has 0 aliphatic heterocycles. The first-order valence-electron chi connectivity index (χ1n) is 4.85. The van der Waals surface area contributed by atoms with E-state index in [-0.39, 0.29) is 0 Å². The van der Waals surface area contributed by atoms with Crippen LogP contribution in [0.15, 0.2) is 18.6 Å². The van der Waals surface area contributed by atoms with Gasteiger partial charge in [0.15, 0.2) is 5.54 Å². The van der Waals surface area contributed by atoms with Gasteiger partial charge in [0, 0.05) is 26.0 Å². The molecule has 1 rings (SSSR count). The number of nitrogens with zero attached hydrogens (tertiary/aromatic N) is 2. The SMILES string of the molecule is COCCNC(C)(C(=O)O)c1cnccn1. The zero-order chi connectivity index (χ0) is 12.0. The third-order valence-electron chi connectivity index (χ3n) is 2.29. The first kappa shape index (κ1) is 12.5. The van der Waals surface area contributed by atoms with Crippen LogP contribution in [0.25, 0.3) is 0 Å². The number of ether oxygens (including phenoxy) is 1. The van der Waals surface area contributed by atoms with Crippen LogP contribution in [0.5, 0.6) is 0 Å². The molecule has 88 valence electrons. The summed E-state index contributed by atoms with van der Waals surface area (Å²) >= 11 is 0. The first-order valence-corrected chi connectivity index (χ1v) is 4.85. The molecule has 0 fully saturated rings. The number of methoxy groups -OCH3 is 1. The molecule has 1 atom stereocenters. The molecule has 1 aromatic rings. The minimum Gasteiger partial charge on any atom is -0.480 e. The van der Waals surface area contributed by atoms with E-state index in [1.807, 2.05) is 0 Å². The maximum absolute atomic E-state index is 11.2. The number of aromatic nitrogens is 2. The van der Waals surface area contributed by atoms with E-state index < -0.39 is 11.5 Å². The van der Waals surface area contributed by atoms with Gasteiger partial charge in [0.1, 0.15) is 0 Å². The highest BCUT2D eigenvalue weighted by Crippen LogP contribution is 2.17. The molecule has 0 saturated carbocycles. The van der Waals surface area contributed by atoms with E-state index >= 15 is 0 Å². The fraction of sp³-hybridized carbons (Fsp3) is 0.500. The lowest BCUT2D eigenvalue weighted by molar-refractivity contribution is -0.144. The van der Waals surface area contributed by atoms with Crippen LogP contribution in [0, 0.1) is 0 Å². The van der Waals surface area contributed by atoms with Crippen molar-refractivity contribution >= 4 is 5.97 Å². The van der Waals surface area contributed by atoms with Gasteiger partial charge in [-0.05, 0) is 6.92 Å². The molecule has 0 saturated heterocycles. The Balaban J connectivity index is 2.85. The van der Waals surface area contributed by atoms with Gasteiger partial charge in [0.25, 0.3) is 0 Å². The van der Waals surface area contributed by atoms with Crippen LogP contribution in [-0.2, 0) is 15.1 Å². The summed E-state index contributed by atoms with van der Waals surface area (Å²) in [7, 11) is 1.56. The topological polar surface area (TPSA) is 84.3 Å². The molecule has 1 heterocycles. The Morgan fingerprint density at radius 2 is 2.38 bits per heavy atom.